The first-order valence-electron chi connectivity index (χ1n) is 5.16. The topological polar surface area (TPSA) is 70.7 Å². The molecule has 0 unspecified atom stereocenters. The molecular weight excluding hydrogens is 240 g/mol. The predicted molar refractivity (Wildman–Crippen MR) is 66.4 cm³/mol. The third-order valence-electron chi connectivity index (χ3n) is 2.37. The molecule has 1 aromatic carbocycles. The van der Waals surface area contributed by atoms with E-state index in [9.17, 15) is 4.79 Å². The van der Waals surface area contributed by atoms with E-state index in [1.54, 1.807) is 6.07 Å². The number of aliphatic hydroxyl groups excluding tert-OH is 1. The first kappa shape index (κ1) is 12.0. The zero-order valence-electron chi connectivity index (χ0n) is 9.05. The zero-order chi connectivity index (χ0) is 12.3. The van der Waals surface area contributed by atoms with Gasteiger partial charge in [-0.25, -0.2) is 4.79 Å². The first-order valence-corrected chi connectivity index (χ1v) is 6.32. The molecule has 2 rings (SSSR count). The highest BCUT2D eigenvalue weighted by Crippen LogP contribution is 2.29. The van der Waals surface area contributed by atoms with E-state index in [1.807, 2.05) is 18.2 Å². The number of hydrogen-bond donors (Lipinski definition) is 2. The molecule has 0 aliphatic carbocycles. The maximum absolute atomic E-state index is 11.1. The highest BCUT2D eigenvalue weighted by atomic mass is 32.2. The van der Waals surface area contributed by atoms with Crippen molar-refractivity contribution < 1.29 is 19.4 Å². The van der Waals surface area contributed by atoms with Gasteiger partial charge in [0.05, 0.1) is 6.61 Å². The van der Waals surface area contributed by atoms with Gasteiger partial charge in [-0.3, -0.25) is 0 Å². The van der Waals surface area contributed by atoms with E-state index in [1.165, 1.54) is 11.8 Å². The molecule has 1 aromatic heterocycles. The fourth-order valence-electron chi connectivity index (χ4n) is 1.65. The maximum atomic E-state index is 11.1. The summed E-state index contributed by atoms with van der Waals surface area (Å²) in [6.45, 7) is 0.0862. The lowest BCUT2D eigenvalue weighted by Crippen LogP contribution is -1.98. The highest BCUT2D eigenvalue weighted by molar-refractivity contribution is 7.98. The number of hydrogen-bond acceptors (Lipinski definition) is 4. The second-order valence-corrected chi connectivity index (χ2v) is 4.59. The van der Waals surface area contributed by atoms with Crippen molar-refractivity contribution in [3.8, 4) is 0 Å². The summed E-state index contributed by atoms with van der Waals surface area (Å²) in [5.41, 5.74) is 1.27. The quantitative estimate of drug-likeness (QED) is 0.799. The number of thioether (sulfide) groups is 1. The fraction of sp³-hybridized carbons (Fsp3) is 0.250. The van der Waals surface area contributed by atoms with E-state index in [0.29, 0.717) is 22.7 Å². The van der Waals surface area contributed by atoms with Crippen LogP contribution in [-0.4, -0.2) is 28.5 Å². The van der Waals surface area contributed by atoms with Crippen LogP contribution in [0.25, 0.3) is 11.0 Å². The summed E-state index contributed by atoms with van der Waals surface area (Å²) in [5.74, 6) is 0.0510. The first-order chi connectivity index (χ1) is 8.24. The van der Waals surface area contributed by atoms with Gasteiger partial charge in [0.15, 0.2) is 0 Å². The largest absolute Gasteiger partial charge is 0.475 e. The van der Waals surface area contributed by atoms with Crippen LogP contribution < -0.4 is 0 Å². The summed E-state index contributed by atoms with van der Waals surface area (Å²) in [7, 11) is 0. The number of carboxylic acid groups (broad SMARTS) is 1. The summed E-state index contributed by atoms with van der Waals surface area (Å²) < 4.78 is 5.32. The minimum Gasteiger partial charge on any atom is -0.475 e. The average molecular weight is 252 g/mol. The van der Waals surface area contributed by atoms with Gasteiger partial charge >= 0.3 is 5.97 Å². The lowest BCUT2D eigenvalue weighted by molar-refractivity contribution is 0.0664. The van der Waals surface area contributed by atoms with Crippen molar-refractivity contribution in [2.75, 3.05) is 12.4 Å². The standard InChI is InChI=1S/C12H12O4S/c13-5-6-17-7-9-8-3-1-2-4-10(8)16-11(9)12(14)15/h1-4,13H,5-7H2,(H,14,15). The number of carboxylic acids is 1. The molecule has 1 heterocycles. The number of furan rings is 1. The maximum Gasteiger partial charge on any atom is 0.372 e. The minimum absolute atomic E-state index is 0.00311. The molecule has 0 spiro atoms. The molecule has 90 valence electrons. The van der Waals surface area contributed by atoms with Crippen LogP contribution in [0.3, 0.4) is 0 Å². The summed E-state index contributed by atoms with van der Waals surface area (Å²) in [5, 5.41) is 18.6. The Morgan fingerprint density at radius 2 is 2.12 bits per heavy atom. The van der Waals surface area contributed by atoms with Crippen LogP contribution in [0.5, 0.6) is 0 Å². The third-order valence-corrected chi connectivity index (χ3v) is 3.34. The molecule has 0 radical (unpaired) electrons. The molecule has 0 amide bonds. The van der Waals surface area contributed by atoms with Gasteiger partial charge in [0.25, 0.3) is 0 Å². The number of aromatic carboxylic acids is 1. The lowest BCUT2D eigenvalue weighted by atomic mass is 10.1. The van der Waals surface area contributed by atoms with Crippen LogP contribution >= 0.6 is 11.8 Å². The summed E-state index contributed by atoms with van der Waals surface area (Å²) >= 11 is 1.48. The van der Waals surface area contributed by atoms with Crippen LogP contribution in [0.15, 0.2) is 28.7 Å². The number of fused-ring (bicyclic) bond motifs is 1. The van der Waals surface area contributed by atoms with Crippen molar-refractivity contribution in [2.45, 2.75) is 5.75 Å². The summed E-state index contributed by atoms with van der Waals surface area (Å²) in [6.07, 6.45) is 0. The number of aliphatic hydroxyl groups is 1. The third kappa shape index (κ3) is 2.45. The van der Waals surface area contributed by atoms with Crippen LogP contribution in [-0.2, 0) is 5.75 Å². The Morgan fingerprint density at radius 3 is 2.82 bits per heavy atom. The molecule has 4 nitrogen and oxygen atoms in total. The Balaban J connectivity index is 2.41. The second-order valence-electron chi connectivity index (χ2n) is 3.49. The number of carbonyl (C=O) groups is 1. The average Bonchev–Trinajstić information content (AvgIpc) is 2.69. The summed E-state index contributed by atoms with van der Waals surface area (Å²) in [4.78, 5) is 11.1. The van der Waals surface area contributed by atoms with Crippen molar-refractivity contribution in [3.63, 3.8) is 0 Å². The molecule has 17 heavy (non-hydrogen) atoms. The van der Waals surface area contributed by atoms with Gasteiger partial charge in [-0.15, -0.1) is 0 Å². The molecule has 0 fully saturated rings. The zero-order valence-corrected chi connectivity index (χ0v) is 9.87. The Kier molecular flexibility index (Phi) is 3.71. The SMILES string of the molecule is O=C(O)c1oc2ccccc2c1CSCCO. The van der Waals surface area contributed by atoms with Gasteiger partial charge in [0.2, 0.25) is 5.76 Å². The molecule has 5 heteroatoms. The molecule has 2 aromatic rings. The van der Waals surface area contributed by atoms with Gasteiger partial charge in [0.1, 0.15) is 5.58 Å². The van der Waals surface area contributed by atoms with Gasteiger partial charge in [-0.1, -0.05) is 18.2 Å². The normalized spacial score (nSPS) is 10.9. The van der Waals surface area contributed by atoms with Crippen molar-refractivity contribution in [1.29, 1.82) is 0 Å². The van der Waals surface area contributed by atoms with E-state index >= 15 is 0 Å². The van der Waals surface area contributed by atoms with E-state index < -0.39 is 5.97 Å². The van der Waals surface area contributed by atoms with Gasteiger partial charge in [0, 0.05) is 22.5 Å². The minimum atomic E-state index is -1.05. The highest BCUT2D eigenvalue weighted by Gasteiger charge is 2.19. The number of rotatable bonds is 5. The van der Waals surface area contributed by atoms with Crippen molar-refractivity contribution in [1.82, 2.24) is 0 Å². The fourth-order valence-corrected chi connectivity index (χ4v) is 2.42. The summed E-state index contributed by atoms with van der Waals surface area (Å²) in [6, 6.07) is 7.26. The molecule has 2 N–H and O–H groups in total. The van der Waals surface area contributed by atoms with E-state index in [2.05, 4.69) is 0 Å². The second kappa shape index (κ2) is 5.25. The molecule has 0 aliphatic heterocycles. The molecule has 0 atom stereocenters. The van der Waals surface area contributed by atoms with Crippen LogP contribution in [0.2, 0.25) is 0 Å². The Bertz CT molecular complexity index is 532. The van der Waals surface area contributed by atoms with E-state index in [4.69, 9.17) is 14.6 Å². The lowest BCUT2D eigenvalue weighted by Gasteiger charge is -1.99. The molecule has 0 saturated heterocycles. The van der Waals surface area contributed by atoms with Crippen LogP contribution in [0.1, 0.15) is 16.1 Å². The molecule has 0 aliphatic rings. The molecule has 0 bridgehead atoms. The van der Waals surface area contributed by atoms with E-state index in [-0.39, 0.29) is 12.4 Å². The smallest absolute Gasteiger partial charge is 0.372 e. The van der Waals surface area contributed by atoms with Crippen molar-refractivity contribution in [2.24, 2.45) is 0 Å². The Hall–Kier alpha value is -1.46. The Labute approximate surface area is 102 Å². The van der Waals surface area contributed by atoms with Gasteiger partial charge in [-0.2, -0.15) is 11.8 Å². The predicted octanol–water partition coefficient (Wildman–Crippen LogP) is 2.36. The van der Waals surface area contributed by atoms with Gasteiger partial charge < -0.3 is 14.6 Å². The van der Waals surface area contributed by atoms with Crippen molar-refractivity contribution in [3.05, 3.63) is 35.6 Å². The van der Waals surface area contributed by atoms with Crippen LogP contribution in [0.4, 0.5) is 0 Å². The van der Waals surface area contributed by atoms with Crippen molar-refractivity contribution >= 4 is 28.7 Å². The molecular formula is C12H12O4S. The molecule has 0 saturated carbocycles. The van der Waals surface area contributed by atoms with Gasteiger partial charge in [-0.05, 0) is 6.07 Å². The monoisotopic (exact) mass is 252 g/mol. The number of para-hydroxylation sites is 1. The van der Waals surface area contributed by atoms with E-state index in [0.717, 1.165) is 5.39 Å². The Morgan fingerprint density at radius 1 is 1.35 bits per heavy atom. The number of benzene rings is 1. The van der Waals surface area contributed by atoms with Crippen LogP contribution in [0, 0.1) is 0 Å².